The minimum atomic E-state index is -0.174. The molecule has 1 saturated heterocycles. The molecule has 2 heterocycles. The summed E-state index contributed by atoms with van der Waals surface area (Å²) in [6, 6.07) is 11.7. The Bertz CT molecular complexity index is 702. The van der Waals surface area contributed by atoms with Gasteiger partial charge in [0.15, 0.2) is 0 Å². The van der Waals surface area contributed by atoms with Crippen molar-refractivity contribution in [2.24, 2.45) is 5.10 Å². The van der Waals surface area contributed by atoms with E-state index in [2.05, 4.69) is 27.6 Å². The number of nitrogens with one attached hydrogen (secondary N) is 1. The molecular weight excluding hydrogens is 306 g/mol. The number of anilines is 1. The summed E-state index contributed by atoms with van der Waals surface area (Å²) in [4.78, 5) is 15.6. The molecule has 0 spiro atoms. The molecule has 0 saturated carbocycles. The van der Waals surface area contributed by atoms with Gasteiger partial charge in [-0.25, -0.2) is 5.43 Å². The van der Waals surface area contributed by atoms with Crippen LogP contribution < -0.4 is 10.3 Å². The van der Waals surface area contributed by atoms with E-state index in [1.54, 1.807) is 23.6 Å². The van der Waals surface area contributed by atoms with Gasteiger partial charge < -0.3 is 4.90 Å². The molecule has 1 aliphatic rings. The van der Waals surface area contributed by atoms with Gasteiger partial charge in [0.25, 0.3) is 5.91 Å². The number of amides is 1. The van der Waals surface area contributed by atoms with Crippen molar-refractivity contribution in [3.63, 3.8) is 0 Å². The SMILES string of the molecule is Cc1ccccc1C(=O)N/N=C\c1ccc(N2CCCCC2)s1. The second kappa shape index (κ2) is 7.42. The van der Waals surface area contributed by atoms with Gasteiger partial charge in [-0.15, -0.1) is 11.3 Å². The highest BCUT2D eigenvalue weighted by Gasteiger charge is 2.12. The lowest BCUT2D eigenvalue weighted by atomic mass is 10.1. The second-order valence-electron chi connectivity index (χ2n) is 5.74. The Morgan fingerprint density at radius 2 is 1.96 bits per heavy atom. The maximum Gasteiger partial charge on any atom is 0.271 e. The van der Waals surface area contributed by atoms with Crippen LogP contribution in [-0.2, 0) is 0 Å². The second-order valence-corrected chi connectivity index (χ2v) is 6.83. The number of nitrogens with zero attached hydrogens (tertiary/aromatic N) is 2. The van der Waals surface area contributed by atoms with E-state index in [9.17, 15) is 4.79 Å². The summed E-state index contributed by atoms with van der Waals surface area (Å²) < 4.78 is 0. The molecule has 120 valence electrons. The molecule has 1 amide bonds. The van der Waals surface area contributed by atoms with Gasteiger partial charge in [0.2, 0.25) is 0 Å². The Balaban J connectivity index is 1.59. The van der Waals surface area contributed by atoms with Crippen LogP contribution in [0.5, 0.6) is 0 Å². The molecule has 0 aliphatic carbocycles. The quantitative estimate of drug-likeness (QED) is 0.685. The molecule has 0 unspecified atom stereocenters. The third-order valence-electron chi connectivity index (χ3n) is 4.03. The van der Waals surface area contributed by atoms with Crippen molar-refractivity contribution in [3.8, 4) is 0 Å². The molecule has 1 fully saturated rings. The number of benzene rings is 1. The first-order chi connectivity index (χ1) is 11.2. The Kier molecular flexibility index (Phi) is 5.08. The molecule has 0 radical (unpaired) electrons. The highest BCUT2D eigenvalue weighted by molar-refractivity contribution is 7.17. The molecule has 4 nitrogen and oxygen atoms in total. The van der Waals surface area contributed by atoms with Gasteiger partial charge in [-0.1, -0.05) is 18.2 Å². The Hall–Kier alpha value is -2.14. The molecule has 3 rings (SSSR count). The first-order valence-electron chi connectivity index (χ1n) is 7.98. The number of aryl methyl sites for hydroxylation is 1. The van der Waals surface area contributed by atoms with Crippen LogP contribution >= 0.6 is 11.3 Å². The molecule has 1 aliphatic heterocycles. The van der Waals surface area contributed by atoms with E-state index in [0.29, 0.717) is 5.56 Å². The molecular formula is C18H21N3OS. The highest BCUT2D eigenvalue weighted by Crippen LogP contribution is 2.27. The van der Waals surface area contributed by atoms with Crippen molar-refractivity contribution in [2.45, 2.75) is 26.2 Å². The summed E-state index contributed by atoms with van der Waals surface area (Å²) >= 11 is 1.72. The third kappa shape index (κ3) is 3.99. The average molecular weight is 327 g/mol. The van der Waals surface area contributed by atoms with Crippen molar-refractivity contribution in [2.75, 3.05) is 18.0 Å². The molecule has 1 aromatic carbocycles. The normalized spacial score (nSPS) is 15.1. The Labute approximate surface area is 140 Å². The van der Waals surface area contributed by atoms with E-state index in [4.69, 9.17) is 0 Å². The average Bonchev–Trinajstić information content (AvgIpc) is 3.05. The first kappa shape index (κ1) is 15.7. The molecule has 1 N–H and O–H groups in total. The monoisotopic (exact) mass is 327 g/mol. The van der Waals surface area contributed by atoms with Gasteiger partial charge in [0.1, 0.15) is 0 Å². The molecule has 2 aromatic rings. The topological polar surface area (TPSA) is 44.7 Å². The van der Waals surface area contributed by atoms with Crippen molar-refractivity contribution in [1.82, 2.24) is 5.43 Å². The number of carbonyl (C=O) groups is 1. The largest absolute Gasteiger partial charge is 0.363 e. The van der Waals surface area contributed by atoms with Crippen LogP contribution in [0.4, 0.5) is 5.00 Å². The van der Waals surface area contributed by atoms with Gasteiger partial charge >= 0.3 is 0 Å². The number of piperidine rings is 1. The van der Waals surface area contributed by atoms with E-state index >= 15 is 0 Å². The van der Waals surface area contributed by atoms with E-state index in [1.807, 2.05) is 25.1 Å². The van der Waals surface area contributed by atoms with Crippen molar-refractivity contribution < 1.29 is 4.79 Å². The van der Waals surface area contributed by atoms with Gasteiger partial charge in [0, 0.05) is 23.5 Å². The molecule has 1 aromatic heterocycles. The van der Waals surface area contributed by atoms with E-state index in [0.717, 1.165) is 23.5 Å². The number of hydrogen-bond donors (Lipinski definition) is 1. The zero-order chi connectivity index (χ0) is 16.1. The van der Waals surface area contributed by atoms with Crippen molar-refractivity contribution >= 4 is 28.5 Å². The summed E-state index contributed by atoms with van der Waals surface area (Å²) in [5, 5.41) is 5.37. The minimum absolute atomic E-state index is 0.174. The standard InChI is InChI=1S/C18H21N3OS/c1-14-7-3-4-8-16(14)18(22)20-19-13-15-9-10-17(23-15)21-11-5-2-6-12-21/h3-4,7-10,13H,2,5-6,11-12H2,1H3,(H,20,22)/b19-13-. The lowest BCUT2D eigenvalue weighted by Gasteiger charge is -2.27. The fourth-order valence-corrected chi connectivity index (χ4v) is 3.67. The van der Waals surface area contributed by atoms with Crippen molar-refractivity contribution in [1.29, 1.82) is 0 Å². The highest BCUT2D eigenvalue weighted by atomic mass is 32.1. The summed E-state index contributed by atoms with van der Waals surface area (Å²) in [5.41, 5.74) is 4.21. The van der Waals surface area contributed by atoms with Crippen LogP contribution in [0.25, 0.3) is 0 Å². The summed E-state index contributed by atoms with van der Waals surface area (Å²) in [6.45, 7) is 4.20. The smallest absolute Gasteiger partial charge is 0.271 e. The Morgan fingerprint density at radius 1 is 1.17 bits per heavy atom. The van der Waals surface area contributed by atoms with E-state index in [1.165, 1.54) is 24.3 Å². The van der Waals surface area contributed by atoms with Crippen LogP contribution in [0.2, 0.25) is 0 Å². The third-order valence-corrected chi connectivity index (χ3v) is 5.11. The number of hydrogen-bond acceptors (Lipinski definition) is 4. The Morgan fingerprint density at radius 3 is 2.74 bits per heavy atom. The zero-order valence-corrected chi connectivity index (χ0v) is 14.1. The van der Waals surface area contributed by atoms with Crippen LogP contribution in [0.3, 0.4) is 0 Å². The molecule has 5 heteroatoms. The maximum atomic E-state index is 12.1. The van der Waals surface area contributed by atoms with Crippen LogP contribution in [0.15, 0.2) is 41.5 Å². The number of hydrazone groups is 1. The predicted molar refractivity (Wildman–Crippen MR) is 96.6 cm³/mol. The van der Waals surface area contributed by atoms with Gasteiger partial charge in [-0.2, -0.15) is 5.10 Å². The van der Waals surface area contributed by atoms with Gasteiger partial charge in [-0.3, -0.25) is 4.79 Å². The lowest BCUT2D eigenvalue weighted by Crippen LogP contribution is -2.28. The lowest BCUT2D eigenvalue weighted by molar-refractivity contribution is 0.0954. The van der Waals surface area contributed by atoms with Gasteiger partial charge in [0.05, 0.1) is 11.2 Å². The number of thiophene rings is 1. The zero-order valence-electron chi connectivity index (χ0n) is 13.3. The fourth-order valence-electron chi connectivity index (χ4n) is 2.74. The van der Waals surface area contributed by atoms with Crippen LogP contribution in [0.1, 0.15) is 40.1 Å². The minimum Gasteiger partial charge on any atom is -0.363 e. The molecule has 0 atom stereocenters. The summed E-state index contributed by atoms with van der Waals surface area (Å²) in [7, 11) is 0. The van der Waals surface area contributed by atoms with E-state index < -0.39 is 0 Å². The summed E-state index contributed by atoms with van der Waals surface area (Å²) in [6.07, 6.45) is 5.59. The van der Waals surface area contributed by atoms with Crippen molar-refractivity contribution in [3.05, 3.63) is 52.4 Å². The summed E-state index contributed by atoms with van der Waals surface area (Å²) in [5.74, 6) is -0.174. The first-order valence-corrected chi connectivity index (χ1v) is 8.79. The molecule has 23 heavy (non-hydrogen) atoms. The number of carbonyl (C=O) groups excluding carboxylic acids is 1. The maximum absolute atomic E-state index is 12.1. The van der Waals surface area contributed by atoms with Crippen LogP contribution in [-0.4, -0.2) is 25.2 Å². The number of rotatable bonds is 4. The fraction of sp³-hybridized carbons (Fsp3) is 0.333. The van der Waals surface area contributed by atoms with Gasteiger partial charge in [-0.05, 0) is 49.9 Å². The van der Waals surface area contributed by atoms with Crippen LogP contribution in [0, 0.1) is 6.92 Å². The molecule has 0 bridgehead atoms. The predicted octanol–water partition coefficient (Wildman–Crippen LogP) is 3.81. The van der Waals surface area contributed by atoms with E-state index in [-0.39, 0.29) is 5.91 Å².